The number of amides is 1. The highest BCUT2D eigenvalue weighted by atomic mass is 35.5. The monoisotopic (exact) mass is 355 g/mol. The molecule has 2 atom stereocenters. The summed E-state index contributed by atoms with van der Waals surface area (Å²) in [7, 11) is -3.23. The molecule has 4 nitrogen and oxygen atoms in total. The molecule has 1 amide bonds. The quantitative estimate of drug-likeness (QED) is 0.658. The van der Waals surface area contributed by atoms with E-state index in [0.717, 1.165) is 30.0 Å². The van der Waals surface area contributed by atoms with Crippen molar-refractivity contribution in [1.82, 2.24) is 5.32 Å². The maximum Gasteiger partial charge on any atom is 0.230 e. The minimum Gasteiger partial charge on any atom is -0.350 e. The van der Waals surface area contributed by atoms with Crippen molar-refractivity contribution < 1.29 is 22.0 Å². The van der Waals surface area contributed by atoms with Crippen LogP contribution in [0.2, 0.25) is 0 Å². The van der Waals surface area contributed by atoms with E-state index in [1.807, 2.05) is 0 Å². The third-order valence-electron chi connectivity index (χ3n) is 2.88. The van der Waals surface area contributed by atoms with Gasteiger partial charge in [-0.3, -0.25) is 4.79 Å². The summed E-state index contributed by atoms with van der Waals surface area (Å²) in [5.74, 6) is -2.22. The standard InChI is InChI=1S/C12H12ClF2NO3S2/c13-8-5-21(18,19)6-10(8)16-12(17)4-20-11-3-7(14)1-2-9(11)15/h1-3,8,10H,4-6H2,(H,16,17)/t8-,10-/m1/s1. The minimum absolute atomic E-state index is 0.0200. The van der Waals surface area contributed by atoms with Crippen molar-refractivity contribution in [3.63, 3.8) is 0 Å². The molecule has 1 aromatic rings. The molecule has 0 aliphatic carbocycles. The first kappa shape index (κ1) is 16.5. The molecule has 2 rings (SSSR count). The molecule has 1 N–H and O–H groups in total. The van der Waals surface area contributed by atoms with E-state index in [4.69, 9.17) is 11.6 Å². The molecular weight excluding hydrogens is 344 g/mol. The van der Waals surface area contributed by atoms with Crippen LogP contribution >= 0.6 is 23.4 Å². The fraction of sp³-hybridized carbons (Fsp3) is 0.417. The maximum absolute atomic E-state index is 13.4. The van der Waals surface area contributed by atoms with Crippen molar-refractivity contribution in [2.75, 3.05) is 17.3 Å². The van der Waals surface area contributed by atoms with Crippen LogP contribution in [0.3, 0.4) is 0 Å². The third-order valence-corrected chi connectivity index (χ3v) is 6.29. The minimum atomic E-state index is -3.23. The van der Waals surface area contributed by atoms with Crippen molar-refractivity contribution in [2.45, 2.75) is 16.3 Å². The van der Waals surface area contributed by atoms with E-state index >= 15 is 0 Å². The molecule has 0 saturated carbocycles. The van der Waals surface area contributed by atoms with Gasteiger partial charge in [-0.25, -0.2) is 17.2 Å². The Bertz CT molecular complexity index is 654. The molecule has 1 aliphatic heterocycles. The van der Waals surface area contributed by atoms with Crippen LogP contribution in [0.4, 0.5) is 8.78 Å². The lowest BCUT2D eigenvalue weighted by molar-refractivity contribution is -0.119. The lowest BCUT2D eigenvalue weighted by atomic mass is 10.2. The highest BCUT2D eigenvalue weighted by molar-refractivity contribution is 8.00. The first-order valence-electron chi connectivity index (χ1n) is 5.98. The first-order valence-corrected chi connectivity index (χ1v) is 9.23. The maximum atomic E-state index is 13.4. The molecule has 1 fully saturated rings. The largest absolute Gasteiger partial charge is 0.350 e. The molecule has 0 aromatic heterocycles. The van der Waals surface area contributed by atoms with Gasteiger partial charge in [-0.05, 0) is 18.2 Å². The normalized spacial score (nSPS) is 24.0. The molecule has 0 bridgehead atoms. The molecule has 1 aliphatic rings. The van der Waals surface area contributed by atoms with Gasteiger partial charge in [0.25, 0.3) is 0 Å². The van der Waals surface area contributed by atoms with Crippen molar-refractivity contribution in [3.05, 3.63) is 29.8 Å². The van der Waals surface area contributed by atoms with Gasteiger partial charge in [0.15, 0.2) is 9.84 Å². The molecule has 0 radical (unpaired) electrons. The van der Waals surface area contributed by atoms with Crippen LogP contribution in [0.5, 0.6) is 0 Å². The summed E-state index contributed by atoms with van der Waals surface area (Å²) in [4.78, 5) is 11.7. The number of benzene rings is 1. The Morgan fingerprint density at radius 1 is 1.38 bits per heavy atom. The second-order valence-electron chi connectivity index (χ2n) is 4.63. The smallest absolute Gasteiger partial charge is 0.230 e. The number of carbonyl (C=O) groups excluding carboxylic acids is 1. The summed E-state index contributed by atoms with van der Waals surface area (Å²) in [5, 5.41) is 1.83. The van der Waals surface area contributed by atoms with Gasteiger partial charge < -0.3 is 5.32 Å². The van der Waals surface area contributed by atoms with Crippen molar-refractivity contribution in [2.24, 2.45) is 0 Å². The Morgan fingerprint density at radius 2 is 2.10 bits per heavy atom. The molecule has 116 valence electrons. The highest BCUT2D eigenvalue weighted by Crippen LogP contribution is 2.23. The number of alkyl halides is 1. The van der Waals surface area contributed by atoms with Crippen LogP contribution in [0, 0.1) is 11.6 Å². The number of hydrogen-bond donors (Lipinski definition) is 1. The van der Waals surface area contributed by atoms with Crippen LogP contribution in [0.25, 0.3) is 0 Å². The van der Waals surface area contributed by atoms with E-state index in [1.165, 1.54) is 0 Å². The zero-order chi connectivity index (χ0) is 15.6. The van der Waals surface area contributed by atoms with Gasteiger partial charge in [0.05, 0.1) is 28.7 Å². The van der Waals surface area contributed by atoms with Gasteiger partial charge in [0.1, 0.15) is 11.6 Å². The van der Waals surface area contributed by atoms with Crippen LogP contribution in [0.1, 0.15) is 0 Å². The van der Waals surface area contributed by atoms with Crippen LogP contribution in [-0.4, -0.2) is 43.0 Å². The van der Waals surface area contributed by atoms with E-state index in [9.17, 15) is 22.0 Å². The zero-order valence-corrected chi connectivity index (χ0v) is 13.1. The average molecular weight is 356 g/mol. The van der Waals surface area contributed by atoms with Crippen molar-refractivity contribution in [1.29, 1.82) is 0 Å². The third kappa shape index (κ3) is 4.55. The van der Waals surface area contributed by atoms with Crippen LogP contribution < -0.4 is 5.32 Å². The summed E-state index contributed by atoms with van der Waals surface area (Å²) in [6.07, 6.45) is 0. The Hall–Kier alpha value is -0.860. The Balaban J connectivity index is 1.90. The number of rotatable bonds is 4. The summed E-state index contributed by atoms with van der Waals surface area (Å²) >= 11 is 6.69. The lowest BCUT2D eigenvalue weighted by Gasteiger charge is -2.14. The van der Waals surface area contributed by atoms with E-state index < -0.39 is 38.8 Å². The van der Waals surface area contributed by atoms with Gasteiger partial charge >= 0.3 is 0 Å². The summed E-state index contributed by atoms with van der Waals surface area (Å²) < 4.78 is 49.1. The predicted molar refractivity (Wildman–Crippen MR) is 77.3 cm³/mol. The molecule has 1 heterocycles. The number of halogens is 3. The number of thioether (sulfide) groups is 1. The summed E-state index contributed by atoms with van der Waals surface area (Å²) in [6, 6.07) is 2.31. The summed E-state index contributed by atoms with van der Waals surface area (Å²) in [5.41, 5.74) is 0. The number of carbonyl (C=O) groups is 1. The van der Waals surface area contributed by atoms with Crippen LogP contribution in [-0.2, 0) is 14.6 Å². The van der Waals surface area contributed by atoms with E-state index in [-0.39, 0.29) is 22.2 Å². The van der Waals surface area contributed by atoms with Crippen LogP contribution in [0.15, 0.2) is 23.1 Å². The predicted octanol–water partition coefficient (Wildman–Crippen LogP) is 1.58. The fourth-order valence-corrected chi connectivity index (χ4v) is 5.24. The van der Waals surface area contributed by atoms with E-state index in [2.05, 4.69) is 5.32 Å². The molecular formula is C12H12ClF2NO3S2. The van der Waals surface area contributed by atoms with Gasteiger partial charge in [-0.15, -0.1) is 23.4 Å². The van der Waals surface area contributed by atoms with E-state index in [1.54, 1.807) is 0 Å². The SMILES string of the molecule is O=C(CSc1cc(F)ccc1F)N[C@@H]1CS(=O)(=O)C[C@H]1Cl. The zero-order valence-electron chi connectivity index (χ0n) is 10.7. The second kappa shape index (κ2) is 6.50. The number of sulfone groups is 1. The molecule has 0 spiro atoms. The van der Waals surface area contributed by atoms with Crippen molar-refractivity contribution in [3.8, 4) is 0 Å². The Kier molecular flexibility index (Phi) is 5.11. The second-order valence-corrected chi connectivity index (χ2v) is 8.36. The fourth-order valence-electron chi connectivity index (χ4n) is 1.92. The van der Waals surface area contributed by atoms with Crippen molar-refractivity contribution >= 4 is 39.1 Å². The topological polar surface area (TPSA) is 63.2 Å². The highest BCUT2D eigenvalue weighted by Gasteiger charge is 2.37. The lowest BCUT2D eigenvalue weighted by Crippen LogP contribution is -2.41. The summed E-state index contributed by atoms with van der Waals surface area (Å²) in [6.45, 7) is 0. The molecule has 0 unspecified atom stereocenters. The molecule has 9 heteroatoms. The molecule has 1 saturated heterocycles. The first-order chi connectivity index (χ1) is 9.77. The number of nitrogens with one attached hydrogen (secondary N) is 1. The molecule has 21 heavy (non-hydrogen) atoms. The van der Waals surface area contributed by atoms with Gasteiger partial charge in [0.2, 0.25) is 5.91 Å². The van der Waals surface area contributed by atoms with Gasteiger partial charge in [-0.1, -0.05) is 0 Å². The van der Waals surface area contributed by atoms with Gasteiger partial charge in [-0.2, -0.15) is 0 Å². The molecule has 1 aromatic carbocycles. The number of hydrogen-bond acceptors (Lipinski definition) is 4. The Morgan fingerprint density at radius 3 is 2.71 bits per heavy atom. The Labute approximate surface area is 130 Å². The average Bonchev–Trinajstić information content (AvgIpc) is 2.63. The van der Waals surface area contributed by atoms with Gasteiger partial charge in [0, 0.05) is 4.90 Å². The van der Waals surface area contributed by atoms with E-state index in [0.29, 0.717) is 0 Å².